The van der Waals surface area contributed by atoms with Crippen molar-refractivity contribution < 1.29 is 14.0 Å². The summed E-state index contributed by atoms with van der Waals surface area (Å²) in [6, 6.07) is 9.64. The molecule has 3 aromatic rings. The van der Waals surface area contributed by atoms with Crippen molar-refractivity contribution in [2.45, 2.75) is 18.9 Å². The first kappa shape index (κ1) is 16.4. The van der Waals surface area contributed by atoms with E-state index in [2.05, 4.69) is 5.32 Å². The maximum atomic E-state index is 12.7. The van der Waals surface area contributed by atoms with E-state index in [0.29, 0.717) is 24.2 Å². The highest BCUT2D eigenvalue weighted by atomic mass is 16.3. The molecule has 2 aromatic heterocycles. The molecule has 0 unspecified atom stereocenters. The first-order valence-electron chi connectivity index (χ1n) is 8.80. The van der Waals surface area contributed by atoms with Gasteiger partial charge in [0.25, 0.3) is 11.8 Å². The summed E-state index contributed by atoms with van der Waals surface area (Å²) in [6.07, 6.45) is 6.35. The lowest BCUT2D eigenvalue weighted by atomic mass is 10.0. The molecule has 0 saturated carbocycles. The predicted octanol–water partition coefficient (Wildman–Crippen LogP) is 2.81. The van der Waals surface area contributed by atoms with Crippen LogP contribution in [-0.4, -0.2) is 40.4 Å². The number of nitrogens with one attached hydrogen (secondary N) is 1. The summed E-state index contributed by atoms with van der Waals surface area (Å²) in [4.78, 5) is 26.9. The molecule has 6 nitrogen and oxygen atoms in total. The van der Waals surface area contributed by atoms with Crippen molar-refractivity contribution >= 4 is 22.7 Å². The first-order valence-corrected chi connectivity index (χ1v) is 8.80. The molecule has 3 heterocycles. The third-order valence-electron chi connectivity index (χ3n) is 5.03. The van der Waals surface area contributed by atoms with Crippen molar-refractivity contribution in [3.05, 3.63) is 60.2 Å². The zero-order valence-electron chi connectivity index (χ0n) is 14.6. The van der Waals surface area contributed by atoms with Gasteiger partial charge in [0.15, 0.2) is 0 Å². The van der Waals surface area contributed by atoms with Crippen molar-refractivity contribution in [1.82, 2.24) is 14.8 Å². The Balaban J connectivity index is 1.40. The number of aryl methyl sites for hydroxylation is 1. The van der Waals surface area contributed by atoms with Crippen LogP contribution in [0.2, 0.25) is 0 Å². The molecule has 4 rings (SSSR count). The predicted molar refractivity (Wildman–Crippen MR) is 98.0 cm³/mol. The first-order chi connectivity index (χ1) is 12.6. The van der Waals surface area contributed by atoms with Gasteiger partial charge in [0, 0.05) is 43.3 Å². The van der Waals surface area contributed by atoms with Crippen molar-refractivity contribution in [3.8, 4) is 0 Å². The van der Waals surface area contributed by atoms with Crippen LogP contribution in [0.3, 0.4) is 0 Å². The summed E-state index contributed by atoms with van der Waals surface area (Å²) < 4.78 is 6.95. The number of carbonyl (C=O) groups excluding carboxylic acids is 2. The maximum Gasteiger partial charge on any atom is 0.257 e. The molecule has 0 aliphatic carbocycles. The summed E-state index contributed by atoms with van der Waals surface area (Å²) in [5.74, 6) is -0.0704. The van der Waals surface area contributed by atoms with E-state index in [1.807, 2.05) is 47.0 Å². The molecular weight excluding hydrogens is 330 g/mol. The van der Waals surface area contributed by atoms with Gasteiger partial charge in [-0.3, -0.25) is 9.59 Å². The molecule has 1 fully saturated rings. The summed E-state index contributed by atoms with van der Waals surface area (Å²) >= 11 is 0. The van der Waals surface area contributed by atoms with Gasteiger partial charge in [0.1, 0.15) is 6.26 Å². The number of nitrogens with zero attached hydrogens (tertiary/aromatic N) is 2. The fourth-order valence-corrected chi connectivity index (χ4v) is 3.58. The Morgan fingerprint density at radius 3 is 2.65 bits per heavy atom. The maximum absolute atomic E-state index is 12.7. The zero-order valence-corrected chi connectivity index (χ0v) is 14.6. The van der Waals surface area contributed by atoms with E-state index >= 15 is 0 Å². The number of para-hydroxylation sites is 1. The number of fused-ring (bicyclic) bond motifs is 1. The number of hydrogen-bond donors (Lipinski definition) is 1. The number of hydrogen-bond acceptors (Lipinski definition) is 3. The van der Waals surface area contributed by atoms with Crippen molar-refractivity contribution in [3.63, 3.8) is 0 Å². The van der Waals surface area contributed by atoms with E-state index in [4.69, 9.17) is 4.42 Å². The van der Waals surface area contributed by atoms with E-state index in [0.717, 1.165) is 23.7 Å². The zero-order chi connectivity index (χ0) is 18.1. The van der Waals surface area contributed by atoms with Crippen LogP contribution >= 0.6 is 0 Å². The average Bonchev–Trinajstić information content (AvgIpc) is 3.31. The Morgan fingerprint density at radius 1 is 1.15 bits per heavy atom. The van der Waals surface area contributed by atoms with Crippen LogP contribution in [0.5, 0.6) is 0 Å². The third kappa shape index (κ3) is 2.98. The number of carbonyl (C=O) groups is 2. The Morgan fingerprint density at radius 2 is 1.92 bits per heavy atom. The fraction of sp³-hybridized carbons (Fsp3) is 0.300. The standard InChI is InChI=1S/C20H21N3O3/c1-22-12-17(16-4-2-3-5-18(16)22)19(24)21-15-6-9-23(10-7-15)20(25)14-8-11-26-13-14/h2-5,8,11-13,15H,6-7,9-10H2,1H3,(H,21,24). The van der Waals surface area contributed by atoms with Crippen molar-refractivity contribution in [2.24, 2.45) is 7.05 Å². The highest BCUT2D eigenvalue weighted by molar-refractivity contribution is 6.07. The molecule has 134 valence electrons. The van der Waals surface area contributed by atoms with Gasteiger partial charge < -0.3 is 19.2 Å². The van der Waals surface area contributed by atoms with Crippen LogP contribution in [-0.2, 0) is 7.05 Å². The molecule has 1 aromatic carbocycles. The monoisotopic (exact) mass is 351 g/mol. The summed E-state index contributed by atoms with van der Waals surface area (Å²) in [5, 5.41) is 4.08. The Hall–Kier alpha value is -3.02. The molecule has 1 saturated heterocycles. The number of rotatable bonds is 3. The highest BCUT2D eigenvalue weighted by Gasteiger charge is 2.26. The quantitative estimate of drug-likeness (QED) is 0.789. The van der Waals surface area contributed by atoms with Crippen molar-refractivity contribution in [2.75, 3.05) is 13.1 Å². The summed E-state index contributed by atoms with van der Waals surface area (Å²) in [6.45, 7) is 1.26. The topological polar surface area (TPSA) is 67.5 Å². The lowest BCUT2D eigenvalue weighted by molar-refractivity contribution is 0.0697. The van der Waals surface area contributed by atoms with Crippen LogP contribution < -0.4 is 5.32 Å². The van der Waals surface area contributed by atoms with Crippen LogP contribution in [0.4, 0.5) is 0 Å². The van der Waals surface area contributed by atoms with E-state index in [9.17, 15) is 9.59 Å². The van der Waals surface area contributed by atoms with Gasteiger partial charge in [-0.05, 0) is 25.0 Å². The molecule has 1 aliphatic rings. The molecule has 0 spiro atoms. The highest BCUT2D eigenvalue weighted by Crippen LogP contribution is 2.21. The Bertz CT molecular complexity index is 935. The second kappa shape index (κ2) is 6.71. The van der Waals surface area contributed by atoms with Crippen LogP contribution in [0, 0.1) is 0 Å². The minimum absolute atomic E-state index is 0.0161. The minimum Gasteiger partial charge on any atom is -0.472 e. The number of amides is 2. The summed E-state index contributed by atoms with van der Waals surface area (Å²) in [7, 11) is 1.94. The molecule has 0 atom stereocenters. The van der Waals surface area contributed by atoms with E-state index in [1.165, 1.54) is 12.5 Å². The molecule has 1 N–H and O–H groups in total. The van der Waals surface area contributed by atoms with Gasteiger partial charge >= 0.3 is 0 Å². The lowest BCUT2D eigenvalue weighted by Crippen LogP contribution is -2.46. The average molecular weight is 351 g/mol. The second-order valence-corrected chi connectivity index (χ2v) is 6.72. The van der Waals surface area contributed by atoms with Crippen LogP contribution in [0.15, 0.2) is 53.5 Å². The van der Waals surface area contributed by atoms with Crippen LogP contribution in [0.1, 0.15) is 33.6 Å². The van der Waals surface area contributed by atoms with Gasteiger partial charge in [0.2, 0.25) is 0 Å². The molecule has 6 heteroatoms. The van der Waals surface area contributed by atoms with Gasteiger partial charge in [-0.2, -0.15) is 0 Å². The SMILES string of the molecule is Cn1cc(C(=O)NC2CCN(C(=O)c3ccoc3)CC2)c2ccccc21. The number of benzene rings is 1. The van der Waals surface area contributed by atoms with Gasteiger partial charge in [-0.1, -0.05) is 18.2 Å². The van der Waals surface area contributed by atoms with Crippen molar-refractivity contribution in [1.29, 1.82) is 0 Å². The minimum atomic E-state index is -0.0542. The smallest absolute Gasteiger partial charge is 0.257 e. The molecule has 1 aliphatic heterocycles. The number of piperidine rings is 1. The lowest BCUT2D eigenvalue weighted by Gasteiger charge is -2.32. The molecule has 0 bridgehead atoms. The second-order valence-electron chi connectivity index (χ2n) is 6.72. The fourth-order valence-electron chi connectivity index (χ4n) is 3.58. The molecule has 0 radical (unpaired) electrons. The molecular formula is C20H21N3O3. The van der Waals surface area contributed by atoms with E-state index < -0.39 is 0 Å². The number of likely N-dealkylation sites (tertiary alicyclic amines) is 1. The molecule has 26 heavy (non-hydrogen) atoms. The number of furan rings is 1. The van der Waals surface area contributed by atoms with Gasteiger partial charge in [-0.25, -0.2) is 0 Å². The van der Waals surface area contributed by atoms with E-state index in [1.54, 1.807) is 6.07 Å². The van der Waals surface area contributed by atoms with Gasteiger partial charge in [-0.15, -0.1) is 0 Å². The largest absolute Gasteiger partial charge is 0.472 e. The Kier molecular flexibility index (Phi) is 4.24. The van der Waals surface area contributed by atoms with E-state index in [-0.39, 0.29) is 17.9 Å². The number of aromatic nitrogens is 1. The normalized spacial score (nSPS) is 15.3. The van der Waals surface area contributed by atoms with Gasteiger partial charge in [0.05, 0.1) is 17.4 Å². The third-order valence-corrected chi connectivity index (χ3v) is 5.03. The van der Waals surface area contributed by atoms with Crippen LogP contribution in [0.25, 0.3) is 10.9 Å². The summed E-state index contributed by atoms with van der Waals surface area (Å²) in [5.41, 5.74) is 2.31. The molecule has 2 amide bonds. The Labute approximate surface area is 151 Å².